The molecule has 0 fully saturated rings. The van der Waals surface area contributed by atoms with E-state index in [2.05, 4.69) is 5.32 Å². The van der Waals surface area contributed by atoms with Gasteiger partial charge in [-0.2, -0.15) is 0 Å². The van der Waals surface area contributed by atoms with E-state index in [1.54, 1.807) is 43.1 Å². The lowest BCUT2D eigenvalue weighted by Gasteiger charge is -2.17. The van der Waals surface area contributed by atoms with Crippen LogP contribution >= 0.6 is 0 Å². The monoisotopic (exact) mass is 500 g/mol. The number of methoxy groups -OCH3 is 2. The van der Waals surface area contributed by atoms with Gasteiger partial charge in [0, 0.05) is 35.3 Å². The summed E-state index contributed by atoms with van der Waals surface area (Å²) in [5, 5.41) is 3.00. The van der Waals surface area contributed by atoms with E-state index in [4.69, 9.17) is 9.47 Å². The zero-order valence-electron chi connectivity index (χ0n) is 21.2. The van der Waals surface area contributed by atoms with Crippen LogP contribution in [-0.4, -0.2) is 31.0 Å². The maximum Gasteiger partial charge on any atom is 0.268 e. The molecule has 1 amide bonds. The van der Waals surface area contributed by atoms with E-state index in [0.717, 1.165) is 17.4 Å². The van der Waals surface area contributed by atoms with Crippen LogP contribution in [0.4, 0.5) is 4.39 Å². The lowest BCUT2D eigenvalue weighted by molar-refractivity contribution is 0.0940. The van der Waals surface area contributed by atoms with Crippen molar-refractivity contribution in [3.05, 3.63) is 95.6 Å². The molecule has 0 saturated heterocycles. The highest BCUT2D eigenvalue weighted by Crippen LogP contribution is 2.41. The van der Waals surface area contributed by atoms with E-state index < -0.39 is 0 Å². The number of benzene rings is 3. The van der Waals surface area contributed by atoms with E-state index in [9.17, 15) is 14.0 Å². The molecular formula is C30H29FN2O4. The first-order valence-corrected chi connectivity index (χ1v) is 11.9. The van der Waals surface area contributed by atoms with E-state index in [1.165, 1.54) is 12.1 Å². The van der Waals surface area contributed by atoms with Crippen LogP contribution in [0.1, 0.15) is 46.4 Å². The fraction of sp³-hybridized carbons (Fsp3) is 0.200. The normalized spacial score (nSPS) is 10.9. The summed E-state index contributed by atoms with van der Waals surface area (Å²) in [6, 6.07) is 20.6. The molecule has 1 heterocycles. The van der Waals surface area contributed by atoms with Gasteiger partial charge in [0.05, 0.1) is 19.9 Å². The van der Waals surface area contributed by atoms with Crippen LogP contribution in [0.25, 0.3) is 22.3 Å². The Bertz CT molecular complexity index is 1410. The van der Waals surface area contributed by atoms with Gasteiger partial charge in [0.2, 0.25) is 0 Å². The highest BCUT2D eigenvalue weighted by atomic mass is 19.1. The molecule has 37 heavy (non-hydrogen) atoms. The largest absolute Gasteiger partial charge is 0.497 e. The number of ether oxygens (including phenoxy) is 2. The Morgan fingerprint density at radius 2 is 1.62 bits per heavy atom. The second-order valence-corrected chi connectivity index (χ2v) is 8.80. The van der Waals surface area contributed by atoms with E-state index >= 15 is 0 Å². The molecule has 0 bridgehead atoms. The number of hydrogen-bond acceptors (Lipinski definition) is 4. The molecule has 4 rings (SSSR count). The summed E-state index contributed by atoms with van der Waals surface area (Å²) >= 11 is 0. The van der Waals surface area contributed by atoms with Crippen molar-refractivity contribution in [3.8, 4) is 33.8 Å². The van der Waals surface area contributed by atoms with Crippen LogP contribution in [0.5, 0.6) is 11.5 Å². The average Bonchev–Trinajstić information content (AvgIpc) is 3.28. The first-order chi connectivity index (χ1) is 17.9. The van der Waals surface area contributed by atoms with Crippen molar-refractivity contribution >= 4 is 12.2 Å². The molecule has 0 spiro atoms. The van der Waals surface area contributed by atoms with Gasteiger partial charge in [0.15, 0.2) is 6.29 Å². The Morgan fingerprint density at radius 1 is 0.946 bits per heavy atom. The second-order valence-electron chi connectivity index (χ2n) is 8.80. The predicted molar refractivity (Wildman–Crippen MR) is 142 cm³/mol. The maximum atomic E-state index is 13.9. The molecule has 0 unspecified atom stereocenters. The third kappa shape index (κ3) is 5.11. The zero-order chi connectivity index (χ0) is 26.5. The number of rotatable bonds is 9. The minimum Gasteiger partial charge on any atom is -0.497 e. The van der Waals surface area contributed by atoms with Gasteiger partial charge in [-0.05, 0) is 49.2 Å². The third-order valence-corrected chi connectivity index (χ3v) is 6.22. The Balaban J connectivity index is 1.88. The van der Waals surface area contributed by atoms with Crippen molar-refractivity contribution in [2.45, 2.75) is 26.4 Å². The zero-order valence-corrected chi connectivity index (χ0v) is 21.2. The summed E-state index contributed by atoms with van der Waals surface area (Å²) in [6.07, 6.45) is 0.758. The number of carbonyl (C=O) groups excluding carboxylic acids is 2. The molecule has 4 aromatic rings. The summed E-state index contributed by atoms with van der Waals surface area (Å²) in [7, 11) is 3.13. The predicted octanol–water partition coefficient (Wildman–Crippen LogP) is 6.30. The first-order valence-electron chi connectivity index (χ1n) is 11.9. The topological polar surface area (TPSA) is 69.6 Å². The minimum atomic E-state index is -0.382. The summed E-state index contributed by atoms with van der Waals surface area (Å²) in [5.41, 5.74) is 4.10. The highest BCUT2D eigenvalue weighted by molar-refractivity contribution is 6.08. The molecule has 0 radical (unpaired) electrons. The van der Waals surface area contributed by atoms with Gasteiger partial charge in [-0.25, -0.2) is 4.39 Å². The Morgan fingerprint density at radius 3 is 2.22 bits per heavy atom. The number of hydrogen-bond donors (Lipinski definition) is 1. The summed E-state index contributed by atoms with van der Waals surface area (Å²) < 4.78 is 26.2. The smallest absolute Gasteiger partial charge is 0.268 e. The quantitative estimate of drug-likeness (QED) is 0.274. The second kappa shape index (κ2) is 11.1. The average molecular weight is 501 g/mol. The summed E-state index contributed by atoms with van der Waals surface area (Å²) in [4.78, 5) is 26.3. The lowest BCUT2D eigenvalue weighted by Crippen LogP contribution is -2.27. The first kappa shape index (κ1) is 25.7. The Hall–Kier alpha value is -4.39. The number of halogens is 1. The van der Waals surface area contributed by atoms with Crippen molar-refractivity contribution in [1.82, 2.24) is 9.88 Å². The highest BCUT2D eigenvalue weighted by Gasteiger charge is 2.30. The van der Waals surface area contributed by atoms with Gasteiger partial charge in [-0.15, -0.1) is 0 Å². The molecule has 0 aliphatic heterocycles. The number of nitrogens with zero attached hydrogens (tertiary/aromatic N) is 1. The van der Waals surface area contributed by atoms with E-state index in [-0.39, 0.29) is 24.3 Å². The van der Waals surface area contributed by atoms with Gasteiger partial charge in [0.1, 0.15) is 23.0 Å². The van der Waals surface area contributed by atoms with Gasteiger partial charge in [-0.3, -0.25) is 9.59 Å². The van der Waals surface area contributed by atoms with Crippen LogP contribution in [0.2, 0.25) is 0 Å². The van der Waals surface area contributed by atoms with Gasteiger partial charge >= 0.3 is 0 Å². The van der Waals surface area contributed by atoms with Crippen molar-refractivity contribution in [1.29, 1.82) is 0 Å². The van der Waals surface area contributed by atoms with E-state index in [0.29, 0.717) is 39.6 Å². The van der Waals surface area contributed by atoms with Crippen molar-refractivity contribution in [2.75, 3.05) is 14.2 Å². The lowest BCUT2D eigenvalue weighted by atomic mass is 9.94. The molecule has 3 aromatic carbocycles. The van der Waals surface area contributed by atoms with Crippen LogP contribution < -0.4 is 14.8 Å². The number of nitrogens with one attached hydrogen (secondary N) is 1. The van der Waals surface area contributed by atoms with Crippen molar-refractivity contribution < 1.29 is 23.5 Å². The molecule has 0 aliphatic rings. The van der Waals surface area contributed by atoms with Gasteiger partial charge in [0.25, 0.3) is 5.91 Å². The van der Waals surface area contributed by atoms with Crippen LogP contribution in [-0.2, 0) is 6.54 Å². The fourth-order valence-electron chi connectivity index (χ4n) is 4.53. The standard InChI is InChI=1S/C30H29FN2O4/c1-19(2)33-25(18-34)27(21-10-13-23(31)14-11-21)28(20-8-6-5-7-9-20)29(33)30(35)32-17-22-12-15-24(36-3)16-26(22)37-4/h5-16,18-19H,17H2,1-4H3,(H,32,35). The number of carbonyl (C=O) groups is 2. The molecule has 6 nitrogen and oxygen atoms in total. The molecule has 0 aliphatic carbocycles. The summed E-state index contributed by atoms with van der Waals surface area (Å²) in [5.74, 6) is 0.503. The number of amides is 1. The maximum absolute atomic E-state index is 13.9. The Labute approximate surface area is 215 Å². The Kier molecular flexibility index (Phi) is 7.72. The summed E-state index contributed by atoms with van der Waals surface area (Å²) in [6.45, 7) is 4.03. The molecule has 190 valence electrons. The van der Waals surface area contributed by atoms with Crippen LogP contribution in [0.3, 0.4) is 0 Å². The molecule has 1 aromatic heterocycles. The van der Waals surface area contributed by atoms with Gasteiger partial charge in [-0.1, -0.05) is 42.5 Å². The fourth-order valence-corrected chi connectivity index (χ4v) is 4.53. The van der Waals surface area contributed by atoms with E-state index in [1.807, 2.05) is 50.2 Å². The minimum absolute atomic E-state index is 0.200. The molecule has 7 heteroatoms. The number of aromatic nitrogens is 1. The number of aldehydes is 1. The van der Waals surface area contributed by atoms with Crippen molar-refractivity contribution in [3.63, 3.8) is 0 Å². The molecule has 0 saturated carbocycles. The van der Waals surface area contributed by atoms with Crippen LogP contribution in [0.15, 0.2) is 72.8 Å². The molecule has 0 atom stereocenters. The van der Waals surface area contributed by atoms with Crippen LogP contribution in [0, 0.1) is 5.82 Å². The molecular weight excluding hydrogens is 471 g/mol. The van der Waals surface area contributed by atoms with Gasteiger partial charge < -0.3 is 19.4 Å². The SMILES string of the molecule is COc1ccc(CNC(=O)c2c(-c3ccccc3)c(-c3ccc(F)cc3)c(C=O)n2C(C)C)c(OC)c1. The third-order valence-electron chi connectivity index (χ3n) is 6.22. The van der Waals surface area contributed by atoms with Crippen molar-refractivity contribution in [2.24, 2.45) is 0 Å². The molecule has 1 N–H and O–H groups in total.